The van der Waals surface area contributed by atoms with Crippen LogP contribution in [0.15, 0.2) is 24.5 Å². The second-order valence-corrected chi connectivity index (χ2v) is 3.73. The van der Waals surface area contributed by atoms with Gasteiger partial charge in [0.05, 0.1) is 5.56 Å². The van der Waals surface area contributed by atoms with E-state index in [9.17, 15) is 14.4 Å². The van der Waals surface area contributed by atoms with Crippen molar-refractivity contribution in [1.82, 2.24) is 10.6 Å². The van der Waals surface area contributed by atoms with E-state index >= 15 is 0 Å². The van der Waals surface area contributed by atoms with Crippen molar-refractivity contribution >= 4 is 17.7 Å². The number of amides is 3. The molecule has 6 heteroatoms. The average molecular weight is 250 g/mol. The van der Waals surface area contributed by atoms with E-state index in [1.807, 2.05) is 0 Å². The van der Waals surface area contributed by atoms with Gasteiger partial charge in [0.1, 0.15) is 0 Å². The van der Waals surface area contributed by atoms with E-state index in [-0.39, 0.29) is 12.3 Å². The lowest BCUT2D eigenvalue weighted by atomic mass is 10.2. The molecule has 1 aromatic heterocycles. The Balaban J connectivity index is 2.62. The summed E-state index contributed by atoms with van der Waals surface area (Å²) in [5, 5.41) is 4.64. The number of Topliss-reactive ketones (excluding diaryl/α,β-unsaturated/α-hetero) is 1. The lowest BCUT2D eigenvalue weighted by molar-refractivity contribution is -0.684. The van der Waals surface area contributed by atoms with Gasteiger partial charge in [-0.1, -0.05) is 0 Å². The van der Waals surface area contributed by atoms with Gasteiger partial charge in [-0.25, -0.2) is 4.79 Å². The summed E-state index contributed by atoms with van der Waals surface area (Å²) in [4.78, 5) is 33.8. The molecule has 0 bridgehead atoms. The van der Waals surface area contributed by atoms with Crippen molar-refractivity contribution in [2.24, 2.45) is 0 Å². The van der Waals surface area contributed by atoms with Crippen LogP contribution in [0, 0.1) is 0 Å². The molecule has 3 amide bonds. The predicted octanol–water partition coefficient (Wildman–Crippen LogP) is 0.0224. The maximum atomic E-state index is 11.5. The van der Waals surface area contributed by atoms with Gasteiger partial charge in [-0.15, -0.1) is 0 Å². The SMILES string of the molecule is CCNC(=O)NC(=O)C[n+]1cccc(C(C)=O)c1. The third-order valence-electron chi connectivity index (χ3n) is 2.18. The highest BCUT2D eigenvalue weighted by atomic mass is 16.2. The van der Waals surface area contributed by atoms with Gasteiger partial charge in [0.25, 0.3) is 5.91 Å². The second-order valence-electron chi connectivity index (χ2n) is 3.73. The van der Waals surface area contributed by atoms with E-state index in [1.165, 1.54) is 6.92 Å². The maximum Gasteiger partial charge on any atom is 0.321 e. The van der Waals surface area contributed by atoms with Crippen LogP contribution in [0.4, 0.5) is 4.79 Å². The van der Waals surface area contributed by atoms with Gasteiger partial charge in [-0.05, 0) is 19.9 Å². The average Bonchev–Trinajstić information content (AvgIpc) is 2.29. The third kappa shape index (κ3) is 4.32. The minimum Gasteiger partial charge on any atom is -0.338 e. The first-order chi connectivity index (χ1) is 8.52. The van der Waals surface area contributed by atoms with Gasteiger partial charge >= 0.3 is 6.03 Å². The van der Waals surface area contributed by atoms with Crippen molar-refractivity contribution in [2.45, 2.75) is 20.4 Å². The second kappa shape index (κ2) is 6.48. The molecule has 0 aliphatic carbocycles. The Morgan fingerprint density at radius 2 is 2.06 bits per heavy atom. The number of aromatic nitrogens is 1. The fraction of sp³-hybridized carbons (Fsp3) is 0.333. The number of carbonyl (C=O) groups is 3. The van der Waals surface area contributed by atoms with Crippen LogP contribution in [0.3, 0.4) is 0 Å². The smallest absolute Gasteiger partial charge is 0.321 e. The highest BCUT2D eigenvalue weighted by Crippen LogP contribution is 1.94. The summed E-state index contributed by atoms with van der Waals surface area (Å²) < 4.78 is 1.55. The van der Waals surface area contributed by atoms with E-state index in [0.29, 0.717) is 12.1 Å². The van der Waals surface area contributed by atoms with E-state index < -0.39 is 11.9 Å². The van der Waals surface area contributed by atoms with E-state index in [4.69, 9.17) is 0 Å². The molecule has 6 nitrogen and oxygen atoms in total. The number of hydrogen-bond donors (Lipinski definition) is 2. The van der Waals surface area contributed by atoms with Crippen LogP contribution in [0.2, 0.25) is 0 Å². The molecule has 0 saturated heterocycles. The molecule has 0 spiro atoms. The number of nitrogens with zero attached hydrogens (tertiary/aromatic N) is 1. The molecule has 0 fully saturated rings. The Bertz CT molecular complexity index is 471. The molecule has 18 heavy (non-hydrogen) atoms. The highest BCUT2D eigenvalue weighted by molar-refractivity contribution is 5.94. The van der Waals surface area contributed by atoms with Gasteiger partial charge in [-0.2, -0.15) is 4.57 Å². The maximum absolute atomic E-state index is 11.5. The summed E-state index contributed by atoms with van der Waals surface area (Å²) >= 11 is 0. The van der Waals surface area contributed by atoms with Crippen molar-refractivity contribution in [3.63, 3.8) is 0 Å². The van der Waals surface area contributed by atoms with Gasteiger partial charge in [0.15, 0.2) is 18.2 Å². The quantitative estimate of drug-likeness (QED) is 0.584. The molecule has 96 valence electrons. The van der Waals surface area contributed by atoms with Crippen LogP contribution in [0.25, 0.3) is 0 Å². The first-order valence-electron chi connectivity index (χ1n) is 5.60. The molecular weight excluding hydrogens is 234 g/mol. The summed E-state index contributed by atoms with van der Waals surface area (Å²) in [5.41, 5.74) is 0.517. The first kappa shape index (κ1) is 13.8. The van der Waals surface area contributed by atoms with E-state index in [0.717, 1.165) is 0 Å². The Morgan fingerprint density at radius 3 is 2.67 bits per heavy atom. The molecule has 2 N–H and O–H groups in total. The monoisotopic (exact) mass is 250 g/mol. The van der Waals surface area contributed by atoms with Crippen LogP contribution < -0.4 is 15.2 Å². The molecule has 0 aromatic carbocycles. The van der Waals surface area contributed by atoms with Crippen LogP contribution in [-0.4, -0.2) is 24.3 Å². The fourth-order valence-electron chi connectivity index (χ4n) is 1.37. The number of hydrogen-bond acceptors (Lipinski definition) is 3. The molecule has 1 aromatic rings. The summed E-state index contributed by atoms with van der Waals surface area (Å²) in [5.74, 6) is -0.514. The molecule has 0 unspecified atom stereocenters. The topological polar surface area (TPSA) is 79.2 Å². The third-order valence-corrected chi connectivity index (χ3v) is 2.18. The normalized spacial score (nSPS) is 9.67. The number of rotatable bonds is 4. The minimum atomic E-state index is -0.522. The highest BCUT2D eigenvalue weighted by Gasteiger charge is 2.13. The van der Waals surface area contributed by atoms with Crippen molar-refractivity contribution in [1.29, 1.82) is 0 Å². The zero-order chi connectivity index (χ0) is 13.5. The number of nitrogens with one attached hydrogen (secondary N) is 2. The summed E-state index contributed by atoms with van der Waals surface area (Å²) in [6, 6.07) is 2.82. The summed E-state index contributed by atoms with van der Waals surface area (Å²) in [6.07, 6.45) is 3.23. The van der Waals surface area contributed by atoms with Crippen LogP contribution in [0.5, 0.6) is 0 Å². The Morgan fingerprint density at radius 1 is 1.33 bits per heavy atom. The number of carbonyl (C=O) groups excluding carboxylic acids is 3. The predicted molar refractivity (Wildman–Crippen MR) is 63.9 cm³/mol. The summed E-state index contributed by atoms with van der Waals surface area (Å²) in [7, 11) is 0. The fourth-order valence-corrected chi connectivity index (χ4v) is 1.37. The molecule has 0 aliphatic rings. The molecule has 0 aliphatic heterocycles. The standard InChI is InChI=1S/C12H15N3O3/c1-3-13-12(18)14-11(17)8-15-6-4-5-10(7-15)9(2)16/h4-7H,3,8H2,1-2H3,(H-,13,14,17,18)/p+1. The molecule has 0 saturated carbocycles. The minimum absolute atomic E-state index is 0.0156. The number of urea groups is 1. The first-order valence-corrected chi connectivity index (χ1v) is 5.60. The van der Waals surface area contributed by atoms with Crippen LogP contribution >= 0.6 is 0 Å². The van der Waals surface area contributed by atoms with Crippen molar-refractivity contribution in [2.75, 3.05) is 6.54 Å². The Hall–Kier alpha value is -2.24. The molecular formula is C12H16N3O3+. The van der Waals surface area contributed by atoms with Gasteiger partial charge in [-0.3, -0.25) is 14.9 Å². The van der Waals surface area contributed by atoms with Crippen LogP contribution in [0.1, 0.15) is 24.2 Å². The van der Waals surface area contributed by atoms with Crippen molar-refractivity contribution in [3.05, 3.63) is 30.1 Å². The largest absolute Gasteiger partial charge is 0.338 e. The lowest BCUT2D eigenvalue weighted by Crippen LogP contribution is -2.47. The summed E-state index contributed by atoms with van der Waals surface area (Å²) in [6.45, 7) is 3.65. The molecule has 0 atom stereocenters. The van der Waals surface area contributed by atoms with Crippen molar-refractivity contribution < 1.29 is 19.0 Å². The Kier molecular flexibility index (Phi) is 4.98. The lowest BCUT2D eigenvalue weighted by Gasteiger charge is -2.02. The molecule has 1 heterocycles. The van der Waals surface area contributed by atoms with Gasteiger partial charge in [0.2, 0.25) is 6.54 Å². The Labute approximate surface area is 105 Å². The molecule has 0 radical (unpaired) electrons. The van der Waals surface area contributed by atoms with E-state index in [1.54, 1.807) is 36.0 Å². The zero-order valence-electron chi connectivity index (χ0n) is 10.4. The number of ketones is 1. The van der Waals surface area contributed by atoms with Gasteiger partial charge < -0.3 is 5.32 Å². The molecule has 1 rings (SSSR count). The number of pyridine rings is 1. The van der Waals surface area contributed by atoms with E-state index in [2.05, 4.69) is 10.6 Å². The zero-order valence-corrected chi connectivity index (χ0v) is 10.4. The van der Waals surface area contributed by atoms with Gasteiger partial charge in [0, 0.05) is 12.6 Å². The van der Waals surface area contributed by atoms with Crippen molar-refractivity contribution in [3.8, 4) is 0 Å². The number of imide groups is 1. The van der Waals surface area contributed by atoms with Crippen LogP contribution in [-0.2, 0) is 11.3 Å².